The van der Waals surface area contributed by atoms with Crippen LogP contribution in [0.1, 0.15) is 188 Å². The number of benzene rings is 20. The first-order valence-corrected chi connectivity index (χ1v) is 52.8. The summed E-state index contributed by atoms with van der Waals surface area (Å²) >= 11 is 0. The molecule has 2 spiro atoms. The maximum atomic E-state index is 2.58. The van der Waals surface area contributed by atoms with Crippen molar-refractivity contribution >= 4 is 34.1 Å². The molecule has 0 saturated heterocycles. The maximum Gasteiger partial charge on any atom is 0.0725 e. The highest BCUT2D eigenvalue weighted by Crippen LogP contribution is 2.67. The van der Waals surface area contributed by atoms with E-state index in [2.05, 4.69) is 580 Å². The molecular formula is C145H126N2. The summed E-state index contributed by atoms with van der Waals surface area (Å²) in [5, 5.41) is 0. The first-order chi connectivity index (χ1) is 71.2. The number of fused-ring (bicyclic) bond motifs is 23. The van der Waals surface area contributed by atoms with Crippen LogP contribution >= 0.6 is 0 Å². The van der Waals surface area contributed by atoms with E-state index in [-0.39, 0.29) is 27.1 Å². The van der Waals surface area contributed by atoms with Crippen LogP contribution in [0, 0.1) is 21.7 Å². The molecule has 0 heterocycles. The molecule has 716 valence electrons. The fourth-order valence-electron chi connectivity index (χ4n) is 25.8. The summed E-state index contributed by atoms with van der Waals surface area (Å²) in [5.74, 6) is 0.766. The molecule has 4 atom stereocenters. The molecule has 4 unspecified atom stereocenters. The fourth-order valence-corrected chi connectivity index (χ4v) is 25.8. The van der Waals surface area contributed by atoms with Gasteiger partial charge in [-0.3, -0.25) is 0 Å². The quantitative estimate of drug-likeness (QED) is 0.0896. The van der Waals surface area contributed by atoms with Gasteiger partial charge >= 0.3 is 0 Å². The van der Waals surface area contributed by atoms with E-state index in [1.807, 2.05) is 0 Å². The third-order valence-electron chi connectivity index (χ3n) is 32.6. The summed E-state index contributed by atoms with van der Waals surface area (Å²) < 4.78 is 0. The van der Waals surface area contributed by atoms with Crippen LogP contribution < -0.4 is 9.80 Å². The summed E-state index contributed by atoms with van der Waals surface area (Å²) in [4.78, 5) is 4.89. The van der Waals surface area contributed by atoms with Gasteiger partial charge in [0.25, 0.3) is 0 Å². The minimum atomic E-state index is -0.532. The van der Waals surface area contributed by atoms with Gasteiger partial charge < -0.3 is 9.80 Å². The molecule has 147 heavy (non-hydrogen) atoms. The predicted molar refractivity (Wildman–Crippen MR) is 623 cm³/mol. The van der Waals surface area contributed by atoms with Crippen molar-refractivity contribution in [3.05, 3.63) is 540 Å². The Balaban J connectivity index is 0.000000157. The summed E-state index contributed by atoms with van der Waals surface area (Å²) in [7, 11) is 0. The Morgan fingerprint density at radius 3 is 0.810 bits per heavy atom. The second-order valence-electron chi connectivity index (χ2n) is 46.6. The highest BCUT2D eigenvalue weighted by molar-refractivity contribution is 6.02. The van der Waals surface area contributed by atoms with E-state index in [0.717, 1.165) is 47.0 Å². The van der Waals surface area contributed by atoms with Crippen molar-refractivity contribution in [1.82, 2.24) is 0 Å². The highest BCUT2D eigenvalue weighted by Gasteiger charge is 2.55. The van der Waals surface area contributed by atoms with Crippen LogP contribution in [-0.2, 0) is 16.2 Å². The largest absolute Gasteiger partial charge is 0.310 e. The molecule has 0 fully saturated rings. The van der Waals surface area contributed by atoms with Crippen LogP contribution in [0.3, 0.4) is 0 Å². The Labute approximate surface area is 870 Å². The topological polar surface area (TPSA) is 6.48 Å². The first-order valence-electron chi connectivity index (χ1n) is 52.8. The second kappa shape index (κ2) is 36.3. The first kappa shape index (κ1) is 93.4. The zero-order chi connectivity index (χ0) is 101. The van der Waals surface area contributed by atoms with E-state index in [0.29, 0.717) is 11.8 Å². The molecule has 0 radical (unpaired) electrons. The molecule has 20 aromatic rings. The normalized spacial score (nSPS) is 15.4. The Morgan fingerprint density at radius 1 is 0.177 bits per heavy atom. The molecule has 0 N–H and O–H groups in total. The van der Waals surface area contributed by atoms with Gasteiger partial charge in [0.15, 0.2) is 0 Å². The number of rotatable bonds is 17. The molecule has 0 aromatic heterocycles. The summed E-state index contributed by atoms with van der Waals surface area (Å²) in [5.41, 5.74) is 52.8. The lowest BCUT2D eigenvalue weighted by atomic mass is 9.67. The van der Waals surface area contributed by atoms with Gasteiger partial charge in [0.1, 0.15) is 0 Å². The fraction of sp³-hybridized carbons (Fsp3) is 0.172. The van der Waals surface area contributed by atoms with Crippen molar-refractivity contribution in [1.29, 1.82) is 0 Å². The number of anilines is 6. The lowest BCUT2D eigenvalue weighted by Crippen LogP contribution is -2.26. The van der Waals surface area contributed by atoms with Crippen LogP contribution in [0.2, 0.25) is 0 Å². The van der Waals surface area contributed by atoms with Gasteiger partial charge in [-0.2, -0.15) is 0 Å². The van der Waals surface area contributed by atoms with Gasteiger partial charge in [0.05, 0.1) is 16.5 Å². The molecule has 5 aliphatic carbocycles. The average Bonchev–Trinajstić information content (AvgIpc) is 1.51. The van der Waals surface area contributed by atoms with E-state index in [9.17, 15) is 0 Å². The van der Waals surface area contributed by atoms with Crippen LogP contribution in [0.5, 0.6) is 0 Å². The Bertz CT molecular complexity index is 8350. The maximum absolute atomic E-state index is 2.58. The zero-order valence-corrected chi connectivity index (χ0v) is 87.0. The van der Waals surface area contributed by atoms with Crippen molar-refractivity contribution in [3.8, 4) is 134 Å². The van der Waals surface area contributed by atoms with E-state index in [1.165, 1.54) is 200 Å². The minimum Gasteiger partial charge on any atom is -0.310 e. The van der Waals surface area contributed by atoms with Crippen LogP contribution in [-0.4, -0.2) is 0 Å². The third kappa shape index (κ3) is 16.2. The number of para-hydroxylation sites is 1. The van der Waals surface area contributed by atoms with Gasteiger partial charge in [0, 0.05) is 39.4 Å². The minimum absolute atomic E-state index is 0.0811. The summed E-state index contributed by atoms with van der Waals surface area (Å²) in [6.45, 7) is 33.6. The Hall–Kier alpha value is -16.0. The molecule has 0 aliphatic heterocycles. The summed E-state index contributed by atoms with van der Waals surface area (Å²) in [6, 6.07) is 178. The van der Waals surface area contributed by atoms with Gasteiger partial charge in [-0.15, -0.1) is 0 Å². The van der Waals surface area contributed by atoms with Crippen molar-refractivity contribution in [3.63, 3.8) is 0 Å². The highest BCUT2D eigenvalue weighted by atomic mass is 15.1. The molecule has 0 saturated carbocycles. The van der Waals surface area contributed by atoms with E-state index >= 15 is 0 Å². The van der Waals surface area contributed by atoms with Crippen molar-refractivity contribution in [2.75, 3.05) is 9.80 Å². The summed E-state index contributed by atoms with van der Waals surface area (Å²) in [6.07, 6.45) is 2.21. The van der Waals surface area contributed by atoms with Gasteiger partial charge in [0.2, 0.25) is 0 Å². The number of hydrogen-bond acceptors (Lipinski definition) is 2. The standard InChI is InChI=1S/C74H65N.C71H61N/c1-71(2,3)47-69(72(4,5)6)56-26-13-12-24-54(56)50-36-41-61-58-28-15-19-31-64(58)74(67(61)44-50)65-32-20-16-29-59(65)62-42-37-51(45-68(62)74)55-25-17-21-33-70(55)75(52-38-34-49(35-39-52)48-22-10-9-11-23-48)53-40-43-60-57-27-14-18-30-63(57)73(7,8)66(60)46-53;1-69(2,3)47-68(70(4,5)6)59-27-14-13-26-58(59)54-37-43-63-61-29-16-18-31-65(61)71(67(63)46-54)64-30-17-15-28-60(64)62-42-36-53(45-66(62)71)52-24-19-25-57(44-52)72(55-38-32-50(33-39-55)48-20-9-7-10-21-48)56-40-34-51(35-41-56)49-22-11-8-12-23-49/h9-46,69H,47H2,1-8H3;7-46,68H,47H2,1-6H3. The van der Waals surface area contributed by atoms with E-state index < -0.39 is 10.8 Å². The molecule has 2 heteroatoms. The monoisotopic (exact) mass is 1890 g/mol. The lowest BCUT2D eigenvalue weighted by Gasteiger charge is -2.37. The van der Waals surface area contributed by atoms with Crippen molar-refractivity contribution in [2.24, 2.45) is 21.7 Å². The predicted octanol–water partition coefficient (Wildman–Crippen LogP) is 40.1. The van der Waals surface area contributed by atoms with Gasteiger partial charge in [-0.1, -0.05) is 479 Å². The van der Waals surface area contributed by atoms with Gasteiger partial charge in [-0.25, -0.2) is 0 Å². The Morgan fingerprint density at radius 2 is 0.429 bits per heavy atom. The lowest BCUT2D eigenvalue weighted by molar-refractivity contribution is 0.229. The molecule has 5 aliphatic rings. The third-order valence-corrected chi connectivity index (χ3v) is 32.6. The van der Waals surface area contributed by atoms with Crippen LogP contribution in [0.25, 0.3) is 134 Å². The number of nitrogens with zero attached hydrogens (tertiary/aromatic N) is 2. The Kier molecular flexibility index (Phi) is 23.1. The molecular weight excluding hydrogens is 1770 g/mol. The van der Waals surface area contributed by atoms with E-state index in [1.54, 1.807) is 0 Å². The molecule has 0 amide bonds. The molecule has 20 aromatic carbocycles. The van der Waals surface area contributed by atoms with E-state index in [4.69, 9.17) is 0 Å². The smallest absolute Gasteiger partial charge is 0.0725 e. The van der Waals surface area contributed by atoms with Crippen LogP contribution in [0.15, 0.2) is 473 Å². The molecule has 2 nitrogen and oxygen atoms in total. The van der Waals surface area contributed by atoms with Crippen molar-refractivity contribution in [2.45, 2.75) is 138 Å². The average molecular weight is 1900 g/mol. The van der Waals surface area contributed by atoms with Gasteiger partial charge in [-0.05, 0) is 332 Å². The number of hydrogen-bond donors (Lipinski definition) is 0. The zero-order valence-electron chi connectivity index (χ0n) is 87.0. The second-order valence-corrected chi connectivity index (χ2v) is 46.6. The molecule has 0 bridgehead atoms. The SMILES string of the molecule is CC(C)(C)CC(c1ccccc1-c1ccc2c(c1)C1(c3ccccc3-2)c2ccccc2-c2ccc(-c3ccccc3N(c3ccc(-c4ccccc4)cc3)c3ccc4c(c3)C(C)(C)c3ccccc3-4)cc21)C(C)(C)C.CC(C)(C)CC(c1ccccc1-c1ccc2c(c1)C1(c3ccccc3-c3ccc(-c4cccc(N(c5ccc(-c6ccccc6)cc5)c5ccc(-c6ccccc6)cc5)c4)cc31)c1ccccc1-2)C(C)(C)C. The van der Waals surface area contributed by atoms with Crippen LogP contribution in [0.4, 0.5) is 34.1 Å². The van der Waals surface area contributed by atoms with Crippen molar-refractivity contribution < 1.29 is 0 Å². The molecule has 25 rings (SSSR count).